The summed E-state index contributed by atoms with van der Waals surface area (Å²) in [6, 6.07) is 5.95. The van der Waals surface area contributed by atoms with Gasteiger partial charge in [-0.3, -0.25) is 5.10 Å². The second-order valence-corrected chi connectivity index (χ2v) is 4.67. The van der Waals surface area contributed by atoms with Crippen LogP contribution >= 0.6 is 0 Å². The summed E-state index contributed by atoms with van der Waals surface area (Å²) in [5.74, 6) is 0.889. The van der Waals surface area contributed by atoms with Crippen molar-refractivity contribution >= 4 is 10.9 Å². The molecule has 0 unspecified atom stereocenters. The number of hydrogen-bond acceptors (Lipinski definition) is 3. The van der Waals surface area contributed by atoms with E-state index in [0.717, 1.165) is 42.3 Å². The largest absolute Gasteiger partial charge is 0.490 e. The molecule has 0 amide bonds. The van der Waals surface area contributed by atoms with Gasteiger partial charge in [0.1, 0.15) is 5.75 Å². The summed E-state index contributed by atoms with van der Waals surface area (Å²) in [4.78, 5) is 0. The summed E-state index contributed by atoms with van der Waals surface area (Å²) in [6.45, 7) is 0. The first-order chi connectivity index (χ1) is 8.31. The first-order valence-electron chi connectivity index (χ1n) is 6.09. The topological polar surface area (TPSA) is 58.1 Å². The van der Waals surface area contributed by atoms with Crippen molar-refractivity contribution in [3.05, 3.63) is 24.4 Å². The lowest BCUT2D eigenvalue weighted by Crippen LogP contribution is -2.26. The molecule has 2 N–H and O–H groups in total. The number of H-pyrrole nitrogens is 1. The van der Waals surface area contributed by atoms with Gasteiger partial charge in [0.05, 0.1) is 23.9 Å². The van der Waals surface area contributed by atoms with E-state index in [1.165, 1.54) is 0 Å². The zero-order valence-corrected chi connectivity index (χ0v) is 9.60. The molecule has 17 heavy (non-hydrogen) atoms. The molecule has 1 saturated carbocycles. The summed E-state index contributed by atoms with van der Waals surface area (Å²) < 4.78 is 5.93. The molecule has 1 aromatic heterocycles. The molecule has 2 aromatic rings. The molecule has 1 fully saturated rings. The van der Waals surface area contributed by atoms with Gasteiger partial charge in [-0.2, -0.15) is 5.10 Å². The third-order valence-electron chi connectivity index (χ3n) is 3.36. The highest BCUT2D eigenvalue weighted by atomic mass is 16.5. The number of aliphatic hydroxyl groups excluding tert-OH is 1. The first kappa shape index (κ1) is 10.6. The number of ether oxygens (including phenoxy) is 1. The van der Waals surface area contributed by atoms with Gasteiger partial charge in [0.15, 0.2) is 0 Å². The SMILES string of the molecule is OC1CCC(Oc2ccc3[nH]ncc3c2)CC1. The highest BCUT2D eigenvalue weighted by Gasteiger charge is 2.20. The van der Waals surface area contributed by atoms with Crippen LogP contribution in [0, 0.1) is 0 Å². The van der Waals surface area contributed by atoms with E-state index < -0.39 is 0 Å². The van der Waals surface area contributed by atoms with Crippen molar-refractivity contribution in [3.8, 4) is 5.75 Å². The fraction of sp³-hybridized carbons (Fsp3) is 0.462. The maximum atomic E-state index is 9.44. The zero-order chi connectivity index (χ0) is 11.7. The fourth-order valence-corrected chi connectivity index (χ4v) is 2.35. The molecule has 90 valence electrons. The van der Waals surface area contributed by atoms with Crippen molar-refractivity contribution in [1.29, 1.82) is 0 Å². The van der Waals surface area contributed by atoms with E-state index in [2.05, 4.69) is 10.2 Å². The van der Waals surface area contributed by atoms with Crippen LogP contribution in [-0.4, -0.2) is 27.5 Å². The Kier molecular flexibility index (Phi) is 2.73. The van der Waals surface area contributed by atoms with Gasteiger partial charge in [-0.25, -0.2) is 0 Å². The summed E-state index contributed by atoms with van der Waals surface area (Å²) in [5, 5.41) is 17.4. The molecule has 0 bridgehead atoms. The Bertz CT molecular complexity index is 501. The fourth-order valence-electron chi connectivity index (χ4n) is 2.35. The molecular formula is C13H16N2O2. The van der Waals surface area contributed by atoms with E-state index in [0.29, 0.717) is 0 Å². The molecule has 0 spiro atoms. The van der Waals surface area contributed by atoms with Crippen LogP contribution < -0.4 is 4.74 Å². The smallest absolute Gasteiger partial charge is 0.120 e. The number of nitrogens with zero attached hydrogens (tertiary/aromatic N) is 1. The van der Waals surface area contributed by atoms with Crippen LogP contribution in [0.1, 0.15) is 25.7 Å². The molecule has 3 rings (SSSR count). The number of aromatic nitrogens is 2. The molecule has 1 aromatic carbocycles. The molecule has 1 aliphatic rings. The molecule has 0 radical (unpaired) electrons. The van der Waals surface area contributed by atoms with Crippen molar-refractivity contribution in [2.75, 3.05) is 0 Å². The third kappa shape index (κ3) is 2.26. The van der Waals surface area contributed by atoms with Gasteiger partial charge < -0.3 is 9.84 Å². The lowest BCUT2D eigenvalue weighted by molar-refractivity contribution is 0.0666. The van der Waals surface area contributed by atoms with E-state index >= 15 is 0 Å². The molecule has 0 atom stereocenters. The molecule has 1 aliphatic carbocycles. The van der Waals surface area contributed by atoms with Gasteiger partial charge in [0.2, 0.25) is 0 Å². The molecule has 0 aliphatic heterocycles. The minimum absolute atomic E-state index is 0.133. The normalized spacial score (nSPS) is 25.0. The Morgan fingerprint density at radius 3 is 2.88 bits per heavy atom. The Labute approximate surface area is 99.6 Å². The quantitative estimate of drug-likeness (QED) is 0.834. The Hall–Kier alpha value is -1.55. The average Bonchev–Trinajstić information content (AvgIpc) is 2.79. The first-order valence-corrected chi connectivity index (χ1v) is 6.09. The van der Waals surface area contributed by atoms with E-state index in [1.807, 2.05) is 18.2 Å². The number of nitrogens with one attached hydrogen (secondary N) is 1. The maximum absolute atomic E-state index is 9.44. The van der Waals surface area contributed by atoms with Gasteiger partial charge in [0.25, 0.3) is 0 Å². The van der Waals surface area contributed by atoms with Crippen molar-refractivity contribution in [1.82, 2.24) is 10.2 Å². The Morgan fingerprint density at radius 1 is 1.24 bits per heavy atom. The van der Waals surface area contributed by atoms with Crippen molar-refractivity contribution in [3.63, 3.8) is 0 Å². The lowest BCUT2D eigenvalue weighted by atomic mass is 9.95. The number of aromatic amines is 1. The van der Waals surface area contributed by atoms with E-state index in [1.54, 1.807) is 6.20 Å². The minimum Gasteiger partial charge on any atom is -0.490 e. The number of benzene rings is 1. The molecular weight excluding hydrogens is 216 g/mol. The summed E-state index contributed by atoms with van der Waals surface area (Å²) in [6.07, 6.45) is 5.47. The number of aliphatic hydroxyl groups is 1. The number of hydrogen-bond donors (Lipinski definition) is 2. The minimum atomic E-state index is -0.133. The molecule has 0 saturated heterocycles. The maximum Gasteiger partial charge on any atom is 0.120 e. The second kappa shape index (κ2) is 4.37. The van der Waals surface area contributed by atoms with Crippen LogP contribution in [0.4, 0.5) is 0 Å². The predicted octanol–water partition coefficient (Wildman–Crippen LogP) is 2.25. The van der Waals surface area contributed by atoms with Crippen molar-refractivity contribution < 1.29 is 9.84 Å². The van der Waals surface area contributed by atoms with Crippen LogP contribution in [0.3, 0.4) is 0 Å². The number of fused-ring (bicyclic) bond motifs is 1. The van der Waals surface area contributed by atoms with E-state index in [4.69, 9.17) is 4.74 Å². The van der Waals surface area contributed by atoms with Gasteiger partial charge in [-0.15, -0.1) is 0 Å². The monoisotopic (exact) mass is 232 g/mol. The van der Waals surface area contributed by atoms with Gasteiger partial charge >= 0.3 is 0 Å². The molecule has 4 nitrogen and oxygen atoms in total. The highest BCUT2D eigenvalue weighted by Crippen LogP contribution is 2.25. The van der Waals surface area contributed by atoms with Crippen LogP contribution in [0.25, 0.3) is 10.9 Å². The summed E-state index contributed by atoms with van der Waals surface area (Å²) in [5.41, 5.74) is 1.02. The Morgan fingerprint density at radius 2 is 2.06 bits per heavy atom. The van der Waals surface area contributed by atoms with Crippen LogP contribution in [0.15, 0.2) is 24.4 Å². The summed E-state index contributed by atoms with van der Waals surface area (Å²) >= 11 is 0. The predicted molar refractivity (Wildman–Crippen MR) is 65.0 cm³/mol. The number of rotatable bonds is 2. The van der Waals surface area contributed by atoms with E-state index in [9.17, 15) is 5.11 Å². The average molecular weight is 232 g/mol. The molecule has 1 heterocycles. The second-order valence-electron chi connectivity index (χ2n) is 4.67. The van der Waals surface area contributed by atoms with Gasteiger partial charge in [-0.05, 0) is 43.9 Å². The van der Waals surface area contributed by atoms with Crippen LogP contribution in [-0.2, 0) is 0 Å². The van der Waals surface area contributed by atoms with Crippen LogP contribution in [0.2, 0.25) is 0 Å². The molecule has 4 heteroatoms. The summed E-state index contributed by atoms with van der Waals surface area (Å²) in [7, 11) is 0. The standard InChI is InChI=1S/C13H16N2O2/c16-10-1-3-11(4-2-10)17-12-5-6-13-9(7-12)8-14-15-13/h5-8,10-11,16H,1-4H2,(H,14,15). The zero-order valence-electron chi connectivity index (χ0n) is 9.60. The van der Waals surface area contributed by atoms with Crippen molar-refractivity contribution in [2.24, 2.45) is 0 Å². The van der Waals surface area contributed by atoms with Gasteiger partial charge in [0, 0.05) is 5.39 Å². The third-order valence-corrected chi connectivity index (χ3v) is 3.36. The van der Waals surface area contributed by atoms with Gasteiger partial charge in [-0.1, -0.05) is 0 Å². The van der Waals surface area contributed by atoms with E-state index in [-0.39, 0.29) is 12.2 Å². The van der Waals surface area contributed by atoms with Crippen molar-refractivity contribution in [2.45, 2.75) is 37.9 Å². The highest BCUT2D eigenvalue weighted by molar-refractivity contribution is 5.79. The lowest BCUT2D eigenvalue weighted by Gasteiger charge is -2.26. The Balaban J connectivity index is 1.71. The van der Waals surface area contributed by atoms with Crippen LogP contribution in [0.5, 0.6) is 5.75 Å².